The Morgan fingerprint density at radius 2 is 0.468 bits per heavy atom. The maximum Gasteiger partial charge on any atom is 0.460 e. The highest BCUT2D eigenvalue weighted by Gasteiger charge is 2.92. The maximum atomic E-state index is 16.1. The molecule has 6 aromatic rings. The normalized spacial score (nSPS) is 14.3. The smallest absolute Gasteiger partial charge is 0.456 e. The number of alkyl halides is 26. The highest BCUT2D eigenvalue weighted by molar-refractivity contribution is 7.80. The van der Waals surface area contributed by atoms with Crippen LogP contribution in [0.5, 0.6) is 11.5 Å². The van der Waals surface area contributed by atoms with Crippen molar-refractivity contribution in [1.82, 2.24) is 0 Å². The van der Waals surface area contributed by atoms with Crippen LogP contribution < -0.4 is 36.6 Å². The van der Waals surface area contributed by atoms with Crippen LogP contribution in [-0.2, 0) is 11.8 Å². The van der Waals surface area contributed by atoms with E-state index in [0.717, 1.165) is 0 Å². The average molecular weight is 1170 g/mol. The molecule has 1 nitrogen and oxygen atoms in total. The Morgan fingerprint density at radius 1 is 0.247 bits per heavy atom. The highest BCUT2D eigenvalue weighted by Crippen LogP contribution is 2.64. The van der Waals surface area contributed by atoms with Crippen LogP contribution in [0.1, 0.15) is 11.1 Å². The number of hydrogen-bond acceptors (Lipinski definition) is 1. The van der Waals surface area contributed by atoms with Crippen molar-refractivity contribution in [2.24, 2.45) is 0 Å². The number of hydrogen-bond donors (Lipinski definition) is 0. The van der Waals surface area contributed by atoms with Crippen molar-refractivity contribution in [3.63, 3.8) is 0 Å². The maximum absolute atomic E-state index is 16.1. The van der Waals surface area contributed by atoms with Gasteiger partial charge in [-0.2, -0.15) is 114 Å². The van der Waals surface area contributed by atoms with Gasteiger partial charge in [0.15, 0.2) is 0 Å². The van der Waals surface area contributed by atoms with Gasteiger partial charge in [-0.25, -0.2) is 0 Å². The molecule has 0 unspecified atom stereocenters. The lowest BCUT2D eigenvalue weighted by atomic mass is 9.90. The second kappa shape index (κ2) is 20.1. The van der Waals surface area contributed by atoms with Crippen LogP contribution >= 0.6 is 15.8 Å². The van der Waals surface area contributed by atoms with E-state index >= 15 is 35.1 Å². The first-order valence-electron chi connectivity index (χ1n) is 20.8. The van der Waals surface area contributed by atoms with E-state index in [4.69, 9.17) is 4.74 Å². The van der Waals surface area contributed by atoms with Crippen molar-refractivity contribution < 1.29 is 119 Å². The Morgan fingerprint density at radius 3 is 0.688 bits per heavy atom. The third kappa shape index (κ3) is 9.82. The molecule has 0 saturated heterocycles. The van der Waals surface area contributed by atoms with Gasteiger partial charge in [0.05, 0.1) is 0 Å². The zero-order valence-electron chi connectivity index (χ0n) is 37.1. The van der Waals surface area contributed by atoms with Crippen LogP contribution in [0, 0.1) is 0 Å². The van der Waals surface area contributed by atoms with Crippen molar-refractivity contribution in [2.75, 3.05) is 0 Å². The first-order valence-corrected chi connectivity index (χ1v) is 23.5. The number of halogens is 26. The molecule has 416 valence electrons. The molecule has 0 bridgehead atoms. The Labute approximate surface area is 418 Å². The minimum atomic E-state index is -8.32. The average Bonchev–Trinajstić information content (AvgIpc) is 3.36. The molecule has 0 fully saturated rings. The van der Waals surface area contributed by atoms with E-state index in [2.05, 4.69) is 0 Å². The molecule has 29 heteroatoms. The molecule has 0 heterocycles. The van der Waals surface area contributed by atoms with Crippen molar-refractivity contribution >= 4 is 47.7 Å². The quantitative estimate of drug-likeness (QED) is 0.0616. The number of ether oxygens (including phenoxy) is 1. The van der Waals surface area contributed by atoms with E-state index in [9.17, 15) is 79.0 Å². The molecule has 0 aliphatic carbocycles. The van der Waals surface area contributed by atoms with Crippen molar-refractivity contribution in [1.29, 1.82) is 0 Å². The predicted molar refractivity (Wildman–Crippen MR) is 230 cm³/mol. The summed E-state index contributed by atoms with van der Waals surface area (Å²) < 4.78 is 382. The summed E-state index contributed by atoms with van der Waals surface area (Å²) >= 11 is 0. The minimum Gasteiger partial charge on any atom is -0.456 e. The van der Waals surface area contributed by atoms with Crippen LogP contribution in [-0.4, -0.2) is 59.7 Å². The number of benzene rings is 6. The van der Waals surface area contributed by atoms with Gasteiger partial charge in [0.2, 0.25) is 0 Å². The lowest BCUT2D eigenvalue weighted by molar-refractivity contribution is -0.441. The second-order valence-electron chi connectivity index (χ2n) is 16.2. The summed E-state index contributed by atoms with van der Waals surface area (Å²) in [5.74, 6) is -81.0. The van der Waals surface area contributed by atoms with E-state index < -0.39 is 121 Å². The van der Waals surface area contributed by atoms with Gasteiger partial charge in [0, 0.05) is 21.7 Å². The summed E-state index contributed by atoms with van der Waals surface area (Å²) in [6.07, 6.45) is -15.5. The molecule has 77 heavy (non-hydrogen) atoms. The third-order valence-corrected chi connectivity index (χ3v) is 16.2. The van der Waals surface area contributed by atoms with Crippen molar-refractivity contribution in [2.45, 2.75) is 71.6 Å². The molecular weight excluding hydrogens is 1150 g/mol. The third-order valence-electron chi connectivity index (χ3n) is 11.3. The van der Waals surface area contributed by atoms with E-state index in [1.807, 2.05) is 0 Å². The molecule has 6 rings (SSSR count). The molecule has 0 amide bonds. The fourth-order valence-corrected chi connectivity index (χ4v) is 11.9. The van der Waals surface area contributed by atoms with Gasteiger partial charge in [-0.1, -0.05) is 121 Å². The predicted octanol–water partition coefficient (Wildman–Crippen LogP) is 15.4. The molecule has 0 aliphatic rings. The van der Waals surface area contributed by atoms with E-state index in [1.165, 1.54) is 121 Å². The Hall–Kier alpha value is -5.84. The minimum absolute atomic E-state index is 0.0606. The van der Waals surface area contributed by atoms with Gasteiger partial charge in [-0.05, 0) is 73.5 Å². The van der Waals surface area contributed by atoms with Crippen LogP contribution in [0.25, 0.3) is 0 Å². The molecule has 0 N–H and O–H groups in total. The Bertz CT molecular complexity index is 2720. The molecule has 0 radical (unpaired) electrons. The molecule has 6 aromatic carbocycles. The van der Waals surface area contributed by atoms with Crippen LogP contribution in [0.2, 0.25) is 0 Å². The molecule has 0 aromatic heterocycles. The fraction of sp³-hybridized carbons (Fsp3) is 0.250. The van der Waals surface area contributed by atoms with Crippen LogP contribution in [0.4, 0.5) is 114 Å². The second-order valence-corrected chi connectivity index (χ2v) is 20.6. The van der Waals surface area contributed by atoms with E-state index in [0.29, 0.717) is 0 Å². The largest absolute Gasteiger partial charge is 0.460 e. The first kappa shape index (κ1) is 60.4. The lowest BCUT2D eigenvalue weighted by Gasteiger charge is -2.40. The summed E-state index contributed by atoms with van der Waals surface area (Å²) in [6, 6.07) is 24.3. The first-order chi connectivity index (χ1) is 35.1. The molecule has 0 saturated carbocycles. The fourth-order valence-electron chi connectivity index (χ4n) is 7.13. The summed E-state index contributed by atoms with van der Waals surface area (Å²) in [4.78, 5) is 0. The van der Waals surface area contributed by atoms with Gasteiger partial charge < -0.3 is 4.74 Å². The van der Waals surface area contributed by atoms with Gasteiger partial charge >= 0.3 is 71.6 Å². The zero-order chi connectivity index (χ0) is 58.0. The summed E-state index contributed by atoms with van der Waals surface area (Å²) in [7, 11) is -5.52. The summed E-state index contributed by atoms with van der Waals surface area (Å²) in [5.41, 5.74) is -5.06. The van der Waals surface area contributed by atoms with Crippen molar-refractivity contribution in [3.8, 4) is 11.5 Å². The van der Waals surface area contributed by atoms with Crippen LogP contribution in [0.15, 0.2) is 158 Å². The topological polar surface area (TPSA) is 9.23 Å². The Balaban J connectivity index is 1.67. The molecule has 0 aliphatic heterocycles. The van der Waals surface area contributed by atoms with Gasteiger partial charge in [-0.3, -0.25) is 0 Å². The Kier molecular flexibility index (Phi) is 15.8. The SMILES string of the molecule is FC(F)(F)C(F)(F)C(F)(F)C(F)(F)C(F)(F)C(F)(F)c1ccc(Oc2ccc(C(F)(F)C(F)(F)C(F)(F)C(F)(F)C(F)(F)C(F)(F)F)cc2P(c2ccccc2)c2ccccc2)c(P(c2ccccc2)c2ccccc2)c1. The highest BCUT2D eigenvalue weighted by atomic mass is 31.1. The van der Waals surface area contributed by atoms with Gasteiger partial charge in [-0.15, -0.1) is 0 Å². The van der Waals surface area contributed by atoms with E-state index in [1.54, 1.807) is 0 Å². The summed E-state index contributed by atoms with van der Waals surface area (Å²) in [6.45, 7) is 0. The number of rotatable bonds is 18. The van der Waals surface area contributed by atoms with E-state index in [-0.39, 0.29) is 57.6 Å². The monoisotopic (exact) mass is 1170 g/mol. The molecule has 0 atom stereocenters. The van der Waals surface area contributed by atoms with Crippen LogP contribution in [0.3, 0.4) is 0 Å². The summed E-state index contributed by atoms with van der Waals surface area (Å²) in [5, 5.41) is -2.15. The zero-order valence-corrected chi connectivity index (χ0v) is 38.9. The standard InChI is InChI=1S/C48H26F26OP2/c49-37(50,39(53,54)41(57,58)43(61,62)45(65,66)47(69,70)71)27-21-23-33(35(25-27)76(29-13-5-1-6-14-29)30-15-7-2-8-16-30)75-34-24-22-28(26-36(34)77(31-17-9-3-10-18-31)32-19-11-4-12-20-32)38(51,52)40(55,56)42(59,60)44(63,64)46(67,68)48(72,73)74/h1-26H. The van der Waals surface area contributed by atoms with Gasteiger partial charge in [0.25, 0.3) is 0 Å². The van der Waals surface area contributed by atoms with Crippen molar-refractivity contribution in [3.05, 3.63) is 169 Å². The molecule has 0 spiro atoms. The van der Waals surface area contributed by atoms with Gasteiger partial charge in [0.1, 0.15) is 11.5 Å². The molecular formula is C48H26F26OP2. The lowest BCUT2D eigenvalue weighted by Crippen LogP contribution is -2.69.